The van der Waals surface area contributed by atoms with Gasteiger partial charge in [0.1, 0.15) is 12.8 Å². The molecule has 3 N–H and O–H groups in total. The molecular formula is C24H27BN2O6S. The molecule has 0 unspecified atom stereocenters. The average Bonchev–Trinajstić information content (AvgIpc) is 2.80. The fourth-order valence-electron chi connectivity index (χ4n) is 3.54. The molecule has 0 heterocycles. The third-order valence-corrected chi connectivity index (χ3v) is 6.96. The highest BCUT2D eigenvalue weighted by Gasteiger charge is 2.28. The highest BCUT2D eigenvalue weighted by atomic mass is 32.2. The van der Waals surface area contributed by atoms with Crippen LogP contribution in [0.1, 0.15) is 16.7 Å². The molecule has 1 amide bonds. The molecule has 0 saturated heterocycles. The van der Waals surface area contributed by atoms with Crippen molar-refractivity contribution >= 4 is 28.9 Å². The van der Waals surface area contributed by atoms with Gasteiger partial charge < -0.3 is 20.0 Å². The van der Waals surface area contributed by atoms with Crippen LogP contribution in [0.15, 0.2) is 83.8 Å². The van der Waals surface area contributed by atoms with Crippen molar-refractivity contribution in [1.82, 2.24) is 5.32 Å². The average molecular weight is 482 g/mol. The SMILES string of the molecule is Cc1ccc(C[C@H](NC(=O)CN(c2ccccc2)S(=O)(=O)c2ccccc2)OB(O)O)c(C)c1. The van der Waals surface area contributed by atoms with Crippen molar-refractivity contribution in [3.8, 4) is 0 Å². The van der Waals surface area contributed by atoms with Gasteiger partial charge in [-0.25, -0.2) is 8.42 Å². The number of carbonyl (C=O) groups excluding carboxylic acids is 1. The zero-order valence-corrected chi connectivity index (χ0v) is 19.8. The minimum absolute atomic E-state index is 0.0421. The van der Waals surface area contributed by atoms with Crippen molar-refractivity contribution in [3.05, 3.63) is 95.6 Å². The fraction of sp³-hybridized carbons (Fsp3) is 0.208. The molecule has 0 bridgehead atoms. The highest BCUT2D eigenvalue weighted by Crippen LogP contribution is 2.23. The first kappa shape index (κ1) is 25.4. The molecule has 0 radical (unpaired) electrons. The Morgan fingerprint density at radius 1 is 1.00 bits per heavy atom. The third kappa shape index (κ3) is 6.67. The van der Waals surface area contributed by atoms with E-state index in [-0.39, 0.29) is 11.3 Å². The minimum Gasteiger partial charge on any atom is -0.402 e. The van der Waals surface area contributed by atoms with E-state index in [0.29, 0.717) is 5.69 Å². The van der Waals surface area contributed by atoms with Crippen molar-refractivity contribution in [2.75, 3.05) is 10.8 Å². The first-order chi connectivity index (χ1) is 16.2. The number of sulfonamides is 1. The summed E-state index contributed by atoms with van der Waals surface area (Å²) in [6.45, 7) is 3.32. The van der Waals surface area contributed by atoms with Gasteiger partial charge in [-0.3, -0.25) is 9.10 Å². The van der Waals surface area contributed by atoms with Gasteiger partial charge in [0.15, 0.2) is 0 Å². The molecule has 0 aliphatic rings. The summed E-state index contributed by atoms with van der Waals surface area (Å²) < 4.78 is 32.7. The number of benzene rings is 3. The van der Waals surface area contributed by atoms with Crippen molar-refractivity contribution < 1.29 is 27.9 Å². The number of anilines is 1. The van der Waals surface area contributed by atoms with Gasteiger partial charge in [-0.1, -0.05) is 60.2 Å². The number of nitrogens with zero attached hydrogens (tertiary/aromatic N) is 1. The number of hydrogen-bond acceptors (Lipinski definition) is 6. The summed E-state index contributed by atoms with van der Waals surface area (Å²) in [4.78, 5) is 13.0. The summed E-state index contributed by atoms with van der Waals surface area (Å²) in [6.07, 6.45) is -0.933. The Kier molecular flexibility index (Phi) is 8.46. The van der Waals surface area contributed by atoms with Crippen LogP contribution in [-0.4, -0.2) is 44.5 Å². The Morgan fingerprint density at radius 3 is 2.21 bits per heavy atom. The Morgan fingerprint density at radius 2 is 1.62 bits per heavy atom. The van der Waals surface area contributed by atoms with Crippen molar-refractivity contribution in [2.24, 2.45) is 0 Å². The van der Waals surface area contributed by atoms with Crippen molar-refractivity contribution in [2.45, 2.75) is 31.4 Å². The van der Waals surface area contributed by atoms with Crippen LogP contribution in [-0.2, 0) is 25.9 Å². The van der Waals surface area contributed by atoms with Crippen LogP contribution in [0.3, 0.4) is 0 Å². The number of rotatable bonds is 10. The van der Waals surface area contributed by atoms with Gasteiger partial charge in [0.2, 0.25) is 5.91 Å². The second kappa shape index (κ2) is 11.3. The summed E-state index contributed by atoms with van der Waals surface area (Å²) in [5.74, 6) is -0.668. The highest BCUT2D eigenvalue weighted by molar-refractivity contribution is 7.92. The lowest BCUT2D eigenvalue weighted by Crippen LogP contribution is -2.47. The number of carbonyl (C=O) groups is 1. The van der Waals surface area contributed by atoms with Gasteiger partial charge in [-0.15, -0.1) is 0 Å². The lowest BCUT2D eigenvalue weighted by Gasteiger charge is -2.26. The van der Waals surface area contributed by atoms with Gasteiger partial charge in [0.25, 0.3) is 10.0 Å². The van der Waals surface area contributed by atoms with Crippen molar-refractivity contribution in [1.29, 1.82) is 0 Å². The number of nitrogens with one attached hydrogen (secondary N) is 1. The normalized spacial score (nSPS) is 12.1. The Labute approximate surface area is 200 Å². The Hall–Kier alpha value is -3.18. The van der Waals surface area contributed by atoms with Crippen LogP contribution in [0.4, 0.5) is 5.69 Å². The quantitative estimate of drug-likeness (QED) is 0.301. The summed E-state index contributed by atoms with van der Waals surface area (Å²) in [5, 5.41) is 21.3. The van der Waals surface area contributed by atoms with E-state index in [2.05, 4.69) is 5.32 Å². The van der Waals surface area contributed by atoms with E-state index in [9.17, 15) is 23.3 Å². The third-order valence-electron chi connectivity index (χ3n) is 5.17. The van der Waals surface area contributed by atoms with Crippen LogP contribution in [0.5, 0.6) is 0 Å². The zero-order chi connectivity index (χ0) is 24.7. The molecule has 0 aromatic heterocycles. The molecule has 3 aromatic rings. The smallest absolute Gasteiger partial charge is 0.402 e. The maximum Gasteiger partial charge on any atom is 0.635 e. The van der Waals surface area contributed by atoms with E-state index in [1.807, 2.05) is 32.0 Å². The zero-order valence-electron chi connectivity index (χ0n) is 19.0. The molecule has 178 valence electrons. The van der Waals surface area contributed by atoms with Crippen LogP contribution in [0.2, 0.25) is 0 Å². The van der Waals surface area contributed by atoms with E-state index in [4.69, 9.17) is 4.65 Å². The number of aryl methyl sites for hydroxylation is 2. The summed E-state index contributed by atoms with van der Waals surface area (Å²) >= 11 is 0. The molecular weight excluding hydrogens is 455 g/mol. The molecule has 3 aromatic carbocycles. The topological polar surface area (TPSA) is 116 Å². The molecule has 34 heavy (non-hydrogen) atoms. The molecule has 0 saturated carbocycles. The van der Waals surface area contributed by atoms with E-state index < -0.39 is 36.0 Å². The van der Waals surface area contributed by atoms with E-state index >= 15 is 0 Å². The van der Waals surface area contributed by atoms with Crippen molar-refractivity contribution in [3.63, 3.8) is 0 Å². The molecule has 0 aliphatic carbocycles. The van der Waals surface area contributed by atoms with Gasteiger partial charge >= 0.3 is 7.32 Å². The first-order valence-electron chi connectivity index (χ1n) is 10.7. The molecule has 0 fully saturated rings. The largest absolute Gasteiger partial charge is 0.635 e. The predicted molar refractivity (Wildman–Crippen MR) is 130 cm³/mol. The predicted octanol–water partition coefficient (Wildman–Crippen LogP) is 2.17. The van der Waals surface area contributed by atoms with Gasteiger partial charge in [-0.2, -0.15) is 0 Å². The van der Waals surface area contributed by atoms with E-state index in [1.54, 1.807) is 48.5 Å². The number of amides is 1. The maximum atomic E-state index is 13.3. The number of para-hydroxylation sites is 1. The maximum absolute atomic E-state index is 13.3. The van der Waals surface area contributed by atoms with E-state index in [0.717, 1.165) is 21.0 Å². The molecule has 0 aliphatic heterocycles. The molecule has 10 heteroatoms. The van der Waals surface area contributed by atoms with E-state index in [1.165, 1.54) is 12.1 Å². The second-order valence-electron chi connectivity index (χ2n) is 7.81. The second-order valence-corrected chi connectivity index (χ2v) is 9.68. The lowest BCUT2D eigenvalue weighted by molar-refractivity contribution is -0.122. The monoisotopic (exact) mass is 482 g/mol. The Bertz CT molecular complexity index is 1210. The standard InChI is InChI=1S/C24H27BN2O6S/c1-18-13-14-20(19(2)15-18)16-24(33-25(29)30)26-23(28)17-27(21-9-5-3-6-10-21)34(31,32)22-11-7-4-8-12-22/h3-15,24,29-30H,16-17H2,1-2H3,(H,26,28)/t24-/m1/s1. The fourth-order valence-corrected chi connectivity index (χ4v) is 4.98. The molecule has 0 spiro atoms. The number of hydrogen-bond donors (Lipinski definition) is 3. The van der Waals surface area contributed by atoms with Crippen LogP contribution >= 0.6 is 0 Å². The summed E-state index contributed by atoms with van der Waals surface area (Å²) in [7, 11) is -6.16. The minimum atomic E-state index is -4.05. The molecule has 1 atom stereocenters. The molecule has 8 nitrogen and oxygen atoms in total. The lowest BCUT2D eigenvalue weighted by atomic mass is 10.0. The van der Waals surface area contributed by atoms with Crippen LogP contribution in [0.25, 0.3) is 0 Å². The van der Waals surface area contributed by atoms with Crippen LogP contribution in [0, 0.1) is 13.8 Å². The van der Waals surface area contributed by atoms with Gasteiger partial charge in [-0.05, 0) is 49.2 Å². The van der Waals surface area contributed by atoms with Gasteiger partial charge in [0, 0.05) is 6.42 Å². The first-order valence-corrected chi connectivity index (χ1v) is 12.1. The molecule has 3 rings (SSSR count). The summed E-state index contributed by atoms with van der Waals surface area (Å²) in [6, 6.07) is 21.8. The Balaban J connectivity index is 1.84. The van der Waals surface area contributed by atoms with Crippen LogP contribution < -0.4 is 9.62 Å². The summed E-state index contributed by atoms with van der Waals surface area (Å²) in [5.41, 5.74) is 3.17. The van der Waals surface area contributed by atoms with Gasteiger partial charge in [0.05, 0.1) is 10.6 Å².